The zero-order chi connectivity index (χ0) is 16.5. The van der Waals surface area contributed by atoms with Crippen LogP contribution in [-0.4, -0.2) is 54.8 Å². The van der Waals surface area contributed by atoms with Crippen LogP contribution < -0.4 is 5.32 Å². The first kappa shape index (κ1) is 16.0. The predicted octanol–water partition coefficient (Wildman–Crippen LogP) is -0.547. The van der Waals surface area contributed by atoms with Crippen LogP contribution in [0.2, 0.25) is 0 Å². The highest BCUT2D eigenvalue weighted by atomic mass is 32.2. The number of aliphatic hydroxyl groups excluding tert-OH is 1. The molecule has 0 bridgehead atoms. The largest absolute Gasteiger partial charge is 0.506 e. The van der Waals surface area contributed by atoms with Crippen LogP contribution in [0.5, 0.6) is 5.75 Å². The second-order valence-electron chi connectivity index (χ2n) is 4.65. The van der Waals surface area contributed by atoms with Crippen molar-refractivity contribution in [3.8, 4) is 5.75 Å². The number of nitrogens with one attached hydrogen (secondary N) is 1. The highest BCUT2D eigenvalue weighted by molar-refractivity contribution is 7.90. The molecule has 1 aromatic carbocycles. The lowest BCUT2D eigenvalue weighted by atomic mass is 10.2. The summed E-state index contributed by atoms with van der Waals surface area (Å²) in [4.78, 5) is 24.4. The zero-order valence-electron chi connectivity index (χ0n) is 11.6. The summed E-state index contributed by atoms with van der Waals surface area (Å²) in [6.07, 6.45) is 2.03. The lowest BCUT2D eigenvalue weighted by Crippen LogP contribution is -2.34. The van der Waals surface area contributed by atoms with Crippen LogP contribution in [0.15, 0.2) is 34.9 Å². The van der Waals surface area contributed by atoms with Crippen molar-refractivity contribution in [2.75, 3.05) is 24.7 Å². The maximum absolute atomic E-state index is 12.0. The molecule has 3 N–H and O–H groups in total. The number of rotatable bonds is 5. The van der Waals surface area contributed by atoms with E-state index in [1.807, 2.05) is 0 Å². The number of carbonyl (C=O) groups is 2. The minimum atomic E-state index is -3.49. The molecule has 0 atom stereocenters. The molecule has 0 saturated carbocycles. The Balaban J connectivity index is 2.30. The van der Waals surface area contributed by atoms with Crippen molar-refractivity contribution in [2.24, 2.45) is 0 Å². The number of amides is 2. The van der Waals surface area contributed by atoms with Crippen LogP contribution in [0.4, 0.5) is 5.69 Å². The summed E-state index contributed by atoms with van der Waals surface area (Å²) in [5, 5.41) is 21.1. The van der Waals surface area contributed by atoms with Crippen molar-refractivity contribution < 1.29 is 28.2 Å². The monoisotopic (exact) mass is 326 g/mol. The summed E-state index contributed by atoms with van der Waals surface area (Å²) in [6, 6.07) is 3.56. The first-order valence-corrected chi connectivity index (χ1v) is 8.11. The zero-order valence-corrected chi connectivity index (χ0v) is 12.4. The molecule has 9 heteroatoms. The van der Waals surface area contributed by atoms with E-state index in [0.717, 1.165) is 23.3 Å². The Morgan fingerprint density at radius 1 is 1.27 bits per heavy atom. The van der Waals surface area contributed by atoms with E-state index >= 15 is 0 Å². The average molecular weight is 326 g/mol. The fourth-order valence-corrected chi connectivity index (χ4v) is 2.55. The number of hydrogen-bond donors (Lipinski definition) is 3. The van der Waals surface area contributed by atoms with Gasteiger partial charge in [-0.15, -0.1) is 0 Å². The van der Waals surface area contributed by atoms with Gasteiger partial charge in [-0.05, 0) is 18.2 Å². The number of phenols is 1. The van der Waals surface area contributed by atoms with E-state index in [4.69, 9.17) is 5.11 Å². The molecule has 2 amide bonds. The molecule has 0 fully saturated rings. The molecule has 1 aliphatic heterocycles. The van der Waals surface area contributed by atoms with Gasteiger partial charge in [0.1, 0.15) is 11.4 Å². The minimum Gasteiger partial charge on any atom is -0.506 e. The Hall–Kier alpha value is -2.39. The van der Waals surface area contributed by atoms with Gasteiger partial charge in [-0.2, -0.15) is 0 Å². The van der Waals surface area contributed by atoms with Crippen LogP contribution in [0, 0.1) is 0 Å². The second kappa shape index (κ2) is 5.78. The number of anilines is 1. The Bertz CT molecular complexity index is 769. The number of imide groups is 1. The Morgan fingerprint density at radius 3 is 2.55 bits per heavy atom. The summed E-state index contributed by atoms with van der Waals surface area (Å²) < 4.78 is 23.0. The molecule has 2 rings (SSSR count). The van der Waals surface area contributed by atoms with Crippen LogP contribution in [0.3, 0.4) is 0 Å². The summed E-state index contributed by atoms with van der Waals surface area (Å²) in [5.41, 5.74) is -0.124. The smallest absolute Gasteiger partial charge is 0.277 e. The second-order valence-corrected chi connectivity index (χ2v) is 6.67. The quantitative estimate of drug-likeness (QED) is 0.490. The first-order chi connectivity index (χ1) is 10.2. The minimum absolute atomic E-state index is 0.0128. The molecule has 0 unspecified atom stereocenters. The average Bonchev–Trinajstić information content (AvgIpc) is 2.68. The molecule has 0 aliphatic carbocycles. The summed E-state index contributed by atoms with van der Waals surface area (Å²) in [6.45, 7) is -0.512. The number of phenolic OH excluding ortho intramolecular Hbond substituents is 1. The topological polar surface area (TPSA) is 124 Å². The number of benzene rings is 1. The van der Waals surface area contributed by atoms with Crippen molar-refractivity contribution in [3.63, 3.8) is 0 Å². The third-order valence-corrected chi connectivity index (χ3v) is 4.11. The van der Waals surface area contributed by atoms with Gasteiger partial charge in [-0.3, -0.25) is 14.5 Å². The maximum atomic E-state index is 12.0. The van der Waals surface area contributed by atoms with Gasteiger partial charge in [0, 0.05) is 12.3 Å². The van der Waals surface area contributed by atoms with E-state index in [-0.39, 0.29) is 35.2 Å². The highest BCUT2D eigenvalue weighted by Crippen LogP contribution is 2.28. The number of aliphatic hydroxyl groups is 1. The third-order valence-electron chi connectivity index (χ3n) is 3.00. The van der Waals surface area contributed by atoms with Crippen LogP contribution in [-0.2, 0) is 19.4 Å². The molecule has 8 nitrogen and oxygen atoms in total. The SMILES string of the molecule is CS(=O)(=O)c1ccc(O)c(NC2=CC(=O)N(CCO)C2=O)c1. The molecule has 0 radical (unpaired) electrons. The molecular formula is C13H14N2O6S. The van der Waals surface area contributed by atoms with E-state index in [1.165, 1.54) is 12.1 Å². The van der Waals surface area contributed by atoms with E-state index in [9.17, 15) is 23.1 Å². The van der Waals surface area contributed by atoms with Crippen molar-refractivity contribution in [2.45, 2.75) is 4.90 Å². The third kappa shape index (κ3) is 3.10. The van der Waals surface area contributed by atoms with E-state index in [0.29, 0.717) is 0 Å². The van der Waals surface area contributed by atoms with Crippen LogP contribution in [0.25, 0.3) is 0 Å². The van der Waals surface area contributed by atoms with Gasteiger partial charge in [0.05, 0.1) is 23.7 Å². The van der Waals surface area contributed by atoms with E-state index < -0.39 is 21.7 Å². The standard InChI is InChI=1S/C13H14N2O6S/c1-22(20,21)8-2-3-11(17)9(6-8)14-10-7-12(18)15(4-5-16)13(10)19/h2-3,6-7,14,16-17H,4-5H2,1H3. The number of hydrogen-bond acceptors (Lipinski definition) is 7. The molecule has 1 aliphatic rings. The fraction of sp³-hybridized carbons (Fsp3) is 0.231. The van der Waals surface area contributed by atoms with E-state index in [2.05, 4.69) is 5.32 Å². The Labute approximate surface area is 126 Å². The van der Waals surface area contributed by atoms with Crippen molar-refractivity contribution in [1.29, 1.82) is 0 Å². The Morgan fingerprint density at radius 2 is 1.95 bits per heavy atom. The van der Waals surface area contributed by atoms with Crippen molar-refractivity contribution in [1.82, 2.24) is 4.90 Å². The summed E-state index contributed by atoms with van der Waals surface area (Å²) in [7, 11) is -3.49. The molecule has 0 aromatic heterocycles. The molecule has 1 aromatic rings. The van der Waals surface area contributed by atoms with Gasteiger partial charge < -0.3 is 15.5 Å². The molecule has 22 heavy (non-hydrogen) atoms. The normalized spacial score (nSPS) is 15.2. The first-order valence-electron chi connectivity index (χ1n) is 6.22. The fourth-order valence-electron chi connectivity index (χ4n) is 1.90. The Kier molecular flexibility index (Phi) is 4.20. The number of sulfone groups is 1. The van der Waals surface area contributed by atoms with Crippen molar-refractivity contribution in [3.05, 3.63) is 30.0 Å². The lowest BCUT2D eigenvalue weighted by molar-refractivity contribution is -0.137. The van der Waals surface area contributed by atoms with Crippen molar-refractivity contribution >= 4 is 27.3 Å². The molecule has 0 saturated heterocycles. The summed E-state index contributed by atoms with van der Waals surface area (Å²) >= 11 is 0. The predicted molar refractivity (Wildman–Crippen MR) is 76.7 cm³/mol. The number of aromatic hydroxyl groups is 1. The number of carbonyl (C=O) groups excluding carboxylic acids is 2. The lowest BCUT2D eigenvalue weighted by Gasteiger charge is -2.14. The van der Waals surface area contributed by atoms with Gasteiger partial charge in [-0.1, -0.05) is 0 Å². The maximum Gasteiger partial charge on any atom is 0.277 e. The van der Waals surface area contributed by atoms with Gasteiger partial charge >= 0.3 is 0 Å². The van der Waals surface area contributed by atoms with Crippen LogP contribution >= 0.6 is 0 Å². The highest BCUT2D eigenvalue weighted by Gasteiger charge is 2.31. The molecular weight excluding hydrogens is 312 g/mol. The molecule has 118 valence electrons. The van der Waals surface area contributed by atoms with Gasteiger partial charge in [0.15, 0.2) is 9.84 Å². The van der Waals surface area contributed by atoms with Gasteiger partial charge in [0.25, 0.3) is 11.8 Å². The van der Waals surface area contributed by atoms with Gasteiger partial charge in [0.2, 0.25) is 0 Å². The van der Waals surface area contributed by atoms with Gasteiger partial charge in [-0.25, -0.2) is 8.42 Å². The molecule has 1 heterocycles. The summed E-state index contributed by atoms with van der Waals surface area (Å²) in [5.74, 6) is -1.53. The molecule has 0 spiro atoms. The number of β-amino-alcohol motifs (C(OH)–C–C–N with tert-alkyl or cyclic N) is 1. The number of nitrogens with zero attached hydrogens (tertiary/aromatic N) is 1. The van der Waals surface area contributed by atoms with E-state index in [1.54, 1.807) is 0 Å². The van der Waals surface area contributed by atoms with Crippen LogP contribution in [0.1, 0.15) is 0 Å².